The molecule has 0 radical (unpaired) electrons. The van der Waals surface area contributed by atoms with Crippen LogP contribution in [0.15, 0.2) is 0 Å². The van der Waals surface area contributed by atoms with Gasteiger partial charge in [-0.05, 0) is 118 Å². The van der Waals surface area contributed by atoms with Gasteiger partial charge in [0, 0.05) is 55.9 Å². The summed E-state index contributed by atoms with van der Waals surface area (Å²) in [4.78, 5) is 173. The first kappa shape index (κ1) is 85.3. The lowest BCUT2D eigenvalue weighted by Gasteiger charge is -2.46. The minimum atomic E-state index is -2.86. The van der Waals surface area contributed by atoms with Crippen molar-refractivity contribution in [3.8, 4) is 0 Å². The summed E-state index contributed by atoms with van der Waals surface area (Å²) in [7, 11) is 7.36. The van der Waals surface area contributed by atoms with Crippen molar-refractivity contribution in [2.45, 2.75) is 274 Å². The lowest BCUT2D eigenvalue weighted by Crippen LogP contribution is -2.65. The van der Waals surface area contributed by atoms with E-state index < -0.39 is 169 Å². The first-order valence-electron chi connectivity index (χ1n) is 34.0. The largest absolute Gasteiger partial charge is 0.411 e. The van der Waals surface area contributed by atoms with Gasteiger partial charge in [-0.15, -0.1) is 0 Å². The topological polar surface area (TPSA) is 288 Å². The molecule has 1 saturated heterocycles. The Hall–Kier alpha value is -5.69. The van der Waals surface area contributed by atoms with Crippen LogP contribution >= 0.6 is 0 Å². The molecule has 1 fully saturated rings. The molecule has 13 atom stereocenters. The first-order chi connectivity index (χ1) is 42.6. The second-order valence-corrected chi connectivity index (χ2v) is 35.0. The van der Waals surface area contributed by atoms with Gasteiger partial charge in [-0.25, -0.2) is 0 Å². The summed E-state index contributed by atoms with van der Waals surface area (Å²) in [6.07, 6.45) is -0.202. The quantitative estimate of drug-likeness (QED) is 0.106. The van der Waals surface area contributed by atoms with Crippen molar-refractivity contribution in [3.63, 3.8) is 0 Å². The molecule has 24 nitrogen and oxygen atoms in total. The van der Waals surface area contributed by atoms with Crippen molar-refractivity contribution in [2.75, 3.05) is 55.9 Å². The minimum absolute atomic E-state index is 0.0290. The van der Waals surface area contributed by atoms with Crippen molar-refractivity contribution >= 4 is 73.3 Å². The van der Waals surface area contributed by atoms with Crippen LogP contribution in [0.4, 0.5) is 0 Å². The van der Waals surface area contributed by atoms with Gasteiger partial charge < -0.3 is 65.1 Å². The van der Waals surface area contributed by atoms with Crippen LogP contribution in [-0.2, 0) is 57.2 Å². The molecule has 0 aromatic carbocycles. The number of hydrogen-bond acceptors (Lipinski definition) is 13. The van der Waals surface area contributed by atoms with E-state index in [0.29, 0.717) is 0 Å². The van der Waals surface area contributed by atoms with E-state index in [-0.39, 0.29) is 75.2 Å². The highest BCUT2D eigenvalue weighted by atomic mass is 28.4. The Morgan fingerprint density at radius 3 is 1.22 bits per heavy atom. The van der Waals surface area contributed by atoms with Crippen LogP contribution in [0.25, 0.3) is 0 Å². The van der Waals surface area contributed by atoms with E-state index in [1.54, 1.807) is 41.5 Å². The van der Waals surface area contributed by atoms with Gasteiger partial charge in [0.2, 0.25) is 65.0 Å². The lowest BCUT2D eigenvalue weighted by molar-refractivity contribution is -0.157. The molecule has 0 saturated carbocycles. The summed E-state index contributed by atoms with van der Waals surface area (Å²) in [5.41, 5.74) is 0. The smallest absolute Gasteiger partial charge is 0.246 e. The van der Waals surface area contributed by atoms with Crippen LogP contribution in [0, 0.1) is 41.4 Å². The number of carbonyl (C=O) groups is 11. The summed E-state index contributed by atoms with van der Waals surface area (Å²) in [5.74, 6) is -9.44. The third-order valence-corrected chi connectivity index (χ3v) is 23.3. The molecule has 0 aliphatic carbocycles. The van der Waals surface area contributed by atoms with Gasteiger partial charge in [-0.1, -0.05) is 125 Å². The molecule has 536 valence electrons. The number of aliphatic hydroxyl groups is 1. The van der Waals surface area contributed by atoms with E-state index in [9.17, 15) is 33.9 Å². The molecule has 1 heterocycles. The lowest BCUT2D eigenvalue weighted by atomic mass is 9.91. The highest BCUT2D eigenvalue weighted by molar-refractivity contribution is 6.74. The first-order valence-corrected chi connectivity index (χ1v) is 36.9. The fraction of sp³-hybridized carbons (Fsp3) is 0.838. The minimum Gasteiger partial charge on any atom is -0.411 e. The SMILES string of the molecule is CC[C@@H]1C(=O)N(C)[C@@H](CC(C)C)C(=O)N[C@H](C(C)C)C(=O)N(C)[C@H](CC(C)C)C(=O)N[C@H](C)C(=O)N[C@@H](C)C(=O)N(C)[C@H](CC(C)C)C(=O)N(C)[C@H](CC(C)C)C(=O)N(C)[C@H](C(C)C)C(=O)N(C)[C@H]([C@@H](O[Si](C)(C)C(C)(C)C)[C@H](C)CCO)C(=O)N[C@H](CC)C(=O)N1C. The Bertz CT molecular complexity index is 2540. The Morgan fingerprint density at radius 2 is 0.806 bits per heavy atom. The van der Waals surface area contributed by atoms with E-state index in [1.807, 2.05) is 96.2 Å². The average Bonchev–Trinajstić information content (AvgIpc) is 0.797. The van der Waals surface area contributed by atoms with Gasteiger partial charge in [-0.3, -0.25) is 52.7 Å². The molecule has 25 heteroatoms. The molecule has 1 rings (SSSR count). The summed E-state index contributed by atoms with van der Waals surface area (Å²) in [5, 5.41) is 21.3. The molecule has 0 spiro atoms. The number of aliphatic hydroxyl groups excluding tert-OH is 1. The van der Waals surface area contributed by atoms with Crippen LogP contribution in [0.5, 0.6) is 0 Å². The van der Waals surface area contributed by atoms with E-state index >= 15 is 24.0 Å². The van der Waals surface area contributed by atoms with E-state index in [4.69, 9.17) is 4.43 Å². The number of nitrogens with zero attached hydrogens (tertiary/aromatic N) is 7. The fourth-order valence-corrected chi connectivity index (χ4v) is 13.2. The molecule has 0 unspecified atom stereocenters. The molecule has 0 aromatic rings. The van der Waals surface area contributed by atoms with Gasteiger partial charge in [0.1, 0.15) is 66.5 Å². The maximum absolute atomic E-state index is 15.7. The standard InChI is InChI=1S/C68H127N11O13Si/c1-30-47-62(86)73(21)48(31-2)63(87)74(22)50(35-39(5)6)59(83)72-53(42(11)12)66(90)75(23)49(34-38(3)4)58(82)69-45(16)57(81)70-46(17)61(85)76(24)51(36-40(7)8)64(88)77(25)52(37-41(9)10)65(89)78(26)54(43(13)14)67(91)79(27)55(60(84)71-47)56(44(15)32-33-80)92-93(28,29)68(18,19)20/h38-56,80H,30-37H2,1-29H3,(H,69,82)(H,70,81)(H,71,84)(H,72,83)/t44-,45-,46+,47-,48-,49-,50+,51-,52-,53-,54-,55-,56+/m1/s1. The molecule has 93 heavy (non-hydrogen) atoms. The predicted octanol–water partition coefficient (Wildman–Crippen LogP) is 5.49. The van der Waals surface area contributed by atoms with Gasteiger partial charge in [0.25, 0.3) is 0 Å². The molecule has 5 N–H and O–H groups in total. The highest BCUT2D eigenvalue weighted by Crippen LogP contribution is 2.40. The Balaban J connectivity index is 4.62. The third-order valence-electron chi connectivity index (χ3n) is 18.8. The summed E-state index contributed by atoms with van der Waals surface area (Å²) in [6, 6.07) is -13.5. The number of likely N-dealkylation sites (N-methyl/N-ethyl adjacent to an activating group) is 7. The molecular weight excluding hydrogens is 1210 g/mol. The number of hydrogen-bond donors (Lipinski definition) is 5. The van der Waals surface area contributed by atoms with Crippen molar-refractivity contribution < 1.29 is 62.3 Å². The molecule has 11 amide bonds. The number of rotatable bonds is 18. The average molecular weight is 1330 g/mol. The maximum Gasteiger partial charge on any atom is 0.246 e. The van der Waals surface area contributed by atoms with Crippen molar-refractivity contribution in [3.05, 3.63) is 0 Å². The van der Waals surface area contributed by atoms with E-state index in [2.05, 4.69) is 21.3 Å². The van der Waals surface area contributed by atoms with Gasteiger partial charge >= 0.3 is 0 Å². The van der Waals surface area contributed by atoms with Crippen molar-refractivity contribution in [1.29, 1.82) is 0 Å². The van der Waals surface area contributed by atoms with E-state index in [1.165, 1.54) is 97.5 Å². The number of nitrogens with one attached hydrogen (secondary N) is 4. The molecule has 0 aromatic heterocycles. The maximum atomic E-state index is 15.7. The zero-order valence-electron chi connectivity index (χ0n) is 62.6. The zero-order chi connectivity index (χ0) is 72.6. The molecular formula is C68H127N11O13Si. The van der Waals surface area contributed by atoms with Gasteiger partial charge in [0.15, 0.2) is 8.32 Å². The van der Waals surface area contributed by atoms with Crippen LogP contribution in [-0.4, -0.2) is 241 Å². The predicted molar refractivity (Wildman–Crippen MR) is 366 cm³/mol. The Kier molecular flexibility index (Phi) is 33.9. The van der Waals surface area contributed by atoms with Gasteiger partial charge in [0.05, 0.1) is 6.10 Å². The van der Waals surface area contributed by atoms with Crippen LogP contribution in [0.2, 0.25) is 18.1 Å². The summed E-state index contributed by atoms with van der Waals surface area (Å²) < 4.78 is 7.17. The monoisotopic (exact) mass is 1330 g/mol. The van der Waals surface area contributed by atoms with Crippen molar-refractivity contribution in [1.82, 2.24) is 55.6 Å². The molecule has 1 aliphatic heterocycles. The van der Waals surface area contributed by atoms with E-state index in [0.717, 1.165) is 0 Å². The van der Waals surface area contributed by atoms with Crippen LogP contribution < -0.4 is 21.3 Å². The summed E-state index contributed by atoms with van der Waals surface area (Å²) >= 11 is 0. The second kappa shape index (κ2) is 37.0. The zero-order valence-corrected chi connectivity index (χ0v) is 63.6. The van der Waals surface area contributed by atoms with Gasteiger partial charge in [-0.2, -0.15) is 0 Å². The molecule has 1 aliphatic rings. The van der Waals surface area contributed by atoms with Crippen molar-refractivity contribution in [2.24, 2.45) is 41.4 Å². The third kappa shape index (κ3) is 23.0. The van der Waals surface area contributed by atoms with Crippen LogP contribution in [0.1, 0.15) is 183 Å². The molecule has 0 bridgehead atoms. The second-order valence-electron chi connectivity index (χ2n) is 30.3. The number of carbonyl (C=O) groups excluding carboxylic acids is 11. The van der Waals surface area contributed by atoms with Crippen LogP contribution in [0.3, 0.4) is 0 Å². The summed E-state index contributed by atoms with van der Waals surface area (Å²) in [6.45, 7) is 40.0. The highest BCUT2D eigenvalue weighted by Gasteiger charge is 2.50. The fourth-order valence-electron chi connectivity index (χ4n) is 11.8. The Morgan fingerprint density at radius 1 is 0.430 bits per heavy atom. The number of amides is 11. The Labute approximate surface area is 560 Å². The normalized spacial score (nSPS) is 26.7.